The van der Waals surface area contributed by atoms with E-state index in [0.29, 0.717) is 31.9 Å². The van der Waals surface area contributed by atoms with Crippen LogP contribution >= 0.6 is 0 Å². The molecule has 0 saturated carbocycles. The fourth-order valence-electron chi connectivity index (χ4n) is 5.10. The fraction of sp³-hybridized carbons (Fsp3) is 0.346. The number of amides is 1. The van der Waals surface area contributed by atoms with Gasteiger partial charge in [0.1, 0.15) is 11.7 Å². The van der Waals surface area contributed by atoms with Gasteiger partial charge in [-0.25, -0.2) is 4.98 Å². The van der Waals surface area contributed by atoms with E-state index in [-0.39, 0.29) is 11.9 Å². The first-order valence-corrected chi connectivity index (χ1v) is 11.1. The summed E-state index contributed by atoms with van der Waals surface area (Å²) in [6, 6.07) is 13.0. The number of nitriles is 1. The molecule has 1 saturated heterocycles. The number of nitrogens with zero attached hydrogens (tertiary/aromatic N) is 4. The minimum atomic E-state index is -0.0540. The molecule has 1 aliphatic heterocycles. The zero-order valence-corrected chi connectivity index (χ0v) is 18.5. The van der Waals surface area contributed by atoms with Crippen LogP contribution in [-0.2, 0) is 16.0 Å². The predicted octanol–water partition coefficient (Wildman–Crippen LogP) is 3.93. The highest BCUT2D eigenvalue weighted by molar-refractivity contribution is 5.96. The summed E-state index contributed by atoms with van der Waals surface area (Å²) in [5.41, 5.74) is 6.71. The van der Waals surface area contributed by atoms with Gasteiger partial charge in [-0.3, -0.25) is 4.79 Å². The molecule has 0 spiro atoms. The summed E-state index contributed by atoms with van der Waals surface area (Å²) in [5, 5.41) is 11.0. The Balaban J connectivity index is 1.69. The second-order valence-corrected chi connectivity index (χ2v) is 8.55. The molecule has 2 aliphatic rings. The Kier molecular flexibility index (Phi) is 5.28. The number of hydrogen-bond donors (Lipinski definition) is 0. The van der Waals surface area contributed by atoms with Crippen LogP contribution in [0.15, 0.2) is 36.4 Å². The zero-order valence-electron chi connectivity index (χ0n) is 18.5. The lowest BCUT2D eigenvalue weighted by Crippen LogP contribution is -2.39. The van der Waals surface area contributed by atoms with Gasteiger partial charge < -0.3 is 14.2 Å². The van der Waals surface area contributed by atoms with Crippen molar-refractivity contribution in [2.24, 2.45) is 0 Å². The number of ether oxygens (including phenoxy) is 1. The lowest BCUT2D eigenvalue weighted by atomic mass is 10.1. The summed E-state index contributed by atoms with van der Waals surface area (Å²) in [6.45, 7) is 6.31. The Morgan fingerprint density at radius 3 is 2.81 bits per heavy atom. The van der Waals surface area contributed by atoms with E-state index >= 15 is 0 Å². The third-order valence-corrected chi connectivity index (χ3v) is 6.55. The molecular formula is C26H26N4O2. The molecule has 1 fully saturated rings. The normalized spacial score (nSPS) is 18.3. The lowest BCUT2D eigenvalue weighted by molar-refractivity contribution is -0.129. The molecule has 3 aromatic rings. The van der Waals surface area contributed by atoms with Gasteiger partial charge in [-0.05, 0) is 55.5 Å². The molecule has 1 aliphatic carbocycles. The first-order valence-electron chi connectivity index (χ1n) is 11.1. The quantitative estimate of drug-likeness (QED) is 0.595. The van der Waals surface area contributed by atoms with E-state index in [0.717, 1.165) is 40.8 Å². The van der Waals surface area contributed by atoms with Gasteiger partial charge in [-0.2, -0.15) is 5.26 Å². The number of carbonyl (C=O) groups excluding carboxylic acids is 1. The van der Waals surface area contributed by atoms with E-state index in [2.05, 4.69) is 34.9 Å². The van der Waals surface area contributed by atoms with E-state index in [9.17, 15) is 10.1 Å². The van der Waals surface area contributed by atoms with Crippen LogP contribution in [0.5, 0.6) is 0 Å². The highest BCUT2D eigenvalue weighted by Gasteiger charge is 2.30. The van der Waals surface area contributed by atoms with Crippen molar-refractivity contribution in [3.63, 3.8) is 0 Å². The minimum Gasteiger partial charge on any atom is -0.378 e. The number of benzene rings is 1. The number of carbonyl (C=O) groups is 1. The zero-order chi connectivity index (χ0) is 22.2. The van der Waals surface area contributed by atoms with Gasteiger partial charge in [0, 0.05) is 30.2 Å². The fourth-order valence-corrected chi connectivity index (χ4v) is 5.10. The molecule has 0 N–H and O–H groups in total. The second kappa shape index (κ2) is 8.25. The molecule has 1 aromatic carbocycles. The summed E-state index contributed by atoms with van der Waals surface area (Å²) in [7, 11) is 0. The minimum absolute atomic E-state index is 0.0540. The van der Waals surface area contributed by atoms with Crippen LogP contribution in [0.3, 0.4) is 0 Å². The molecule has 162 valence electrons. The van der Waals surface area contributed by atoms with Crippen LogP contribution in [0.2, 0.25) is 0 Å². The molecule has 5 rings (SSSR count). The van der Waals surface area contributed by atoms with E-state index < -0.39 is 0 Å². The van der Waals surface area contributed by atoms with Crippen molar-refractivity contribution < 1.29 is 9.53 Å². The van der Waals surface area contributed by atoms with Crippen molar-refractivity contribution >= 4 is 23.0 Å². The van der Waals surface area contributed by atoms with Crippen molar-refractivity contribution in [3.8, 4) is 6.07 Å². The van der Waals surface area contributed by atoms with Gasteiger partial charge in [-0.1, -0.05) is 24.3 Å². The Bertz CT molecular complexity index is 1280. The van der Waals surface area contributed by atoms with E-state index in [1.54, 1.807) is 11.0 Å². The van der Waals surface area contributed by atoms with Gasteiger partial charge in [0.25, 0.3) is 0 Å². The highest BCUT2D eigenvalue weighted by Crippen LogP contribution is 2.40. The number of pyridine rings is 1. The van der Waals surface area contributed by atoms with Crippen molar-refractivity contribution in [2.45, 2.75) is 32.7 Å². The highest BCUT2D eigenvalue weighted by atomic mass is 16.5. The van der Waals surface area contributed by atoms with E-state index in [4.69, 9.17) is 9.72 Å². The molecule has 32 heavy (non-hydrogen) atoms. The smallest absolute Gasteiger partial charge is 0.246 e. The molecule has 0 bridgehead atoms. The van der Waals surface area contributed by atoms with Crippen molar-refractivity contribution in [1.29, 1.82) is 5.26 Å². The van der Waals surface area contributed by atoms with Crippen LogP contribution in [0.4, 0.5) is 0 Å². The molecular weight excluding hydrogens is 400 g/mol. The average Bonchev–Trinajstić information content (AvgIpc) is 3.36. The second-order valence-electron chi connectivity index (χ2n) is 8.55. The predicted molar refractivity (Wildman–Crippen MR) is 123 cm³/mol. The third-order valence-electron chi connectivity index (χ3n) is 6.55. The topological polar surface area (TPSA) is 71.2 Å². The Morgan fingerprint density at radius 1 is 1.25 bits per heavy atom. The van der Waals surface area contributed by atoms with Crippen molar-refractivity contribution in [1.82, 2.24) is 14.5 Å². The standard InChI is InChI=1S/C26H26N4O2/c1-17-15-18(2)28-26-25(17)21(16-27)23(9-10-24(31)29-11-13-32-14-12-29)30(26)22-8-7-19-5-3-4-6-20(19)22/h3-6,9-10,15,22H,7-8,11-14H2,1-2H3/b10-9+. The number of fused-ring (bicyclic) bond motifs is 2. The summed E-state index contributed by atoms with van der Waals surface area (Å²) in [4.78, 5) is 19.5. The van der Waals surface area contributed by atoms with Crippen LogP contribution in [0, 0.1) is 25.2 Å². The van der Waals surface area contributed by atoms with Crippen LogP contribution in [0.1, 0.15) is 46.1 Å². The maximum absolute atomic E-state index is 12.8. The van der Waals surface area contributed by atoms with E-state index in [1.165, 1.54) is 11.1 Å². The third kappa shape index (κ3) is 3.39. The Morgan fingerprint density at radius 2 is 2.03 bits per heavy atom. The first-order chi connectivity index (χ1) is 15.6. The van der Waals surface area contributed by atoms with Gasteiger partial charge in [-0.15, -0.1) is 0 Å². The van der Waals surface area contributed by atoms with Gasteiger partial charge in [0.15, 0.2) is 0 Å². The Labute approximate surface area is 187 Å². The monoisotopic (exact) mass is 426 g/mol. The van der Waals surface area contributed by atoms with Crippen molar-refractivity contribution in [2.75, 3.05) is 26.3 Å². The molecule has 6 heteroatoms. The molecule has 0 radical (unpaired) electrons. The molecule has 3 heterocycles. The largest absolute Gasteiger partial charge is 0.378 e. The summed E-state index contributed by atoms with van der Waals surface area (Å²) < 4.78 is 7.54. The average molecular weight is 427 g/mol. The SMILES string of the molecule is Cc1cc(C)c2c(C#N)c(/C=C/C(=O)N3CCOCC3)n(C3CCc4ccccc43)c2n1. The van der Waals surface area contributed by atoms with Gasteiger partial charge >= 0.3 is 0 Å². The molecule has 1 atom stereocenters. The van der Waals surface area contributed by atoms with Gasteiger partial charge in [0.2, 0.25) is 5.91 Å². The summed E-state index contributed by atoms with van der Waals surface area (Å²) in [6.07, 6.45) is 5.34. The van der Waals surface area contributed by atoms with E-state index in [1.807, 2.05) is 26.0 Å². The summed E-state index contributed by atoms with van der Waals surface area (Å²) >= 11 is 0. The number of morpholine rings is 1. The number of aromatic nitrogens is 2. The molecule has 6 nitrogen and oxygen atoms in total. The maximum Gasteiger partial charge on any atom is 0.246 e. The van der Waals surface area contributed by atoms with Crippen LogP contribution in [-0.4, -0.2) is 46.7 Å². The van der Waals surface area contributed by atoms with Crippen LogP contribution < -0.4 is 0 Å². The summed E-state index contributed by atoms with van der Waals surface area (Å²) in [5.74, 6) is -0.0540. The Hall–Kier alpha value is -3.43. The molecule has 2 aromatic heterocycles. The molecule has 1 unspecified atom stereocenters. The number of aryl methyl sites for hydroxylation is 3. The lowest BCUT2D eigenvalue weighted by Gasteiger charge is -2.25. The van der Waals surface area contributed by atoms with Crippen molar-refractivity contribution in [3.05, 3.63) is 70.0 Å². The molecule has 1 amide bonds. The van der Waals surface area contributed by atoms with Gasteiger partial charge in [0.05, 0.1) is 30.5 Å². The first kappa shape index (κ1) is 20.5. The number of hydrogen-bond acceptors (Lipinski definition) is 4. The maximum atomic E-state index is 12.8. The number of rotatable bonds is 3. The van der Waals surface area contributed by atoms with Crippen LogP contribution in [0.25, 0.3) is 17.1 Å².